The van der Waals surface area contributed by atoms with Crippen LogP contribution in [0.25, 0.3) is 0 Å². The molecule has 132 valence electrons. The second-order valence-corrected chi connectivity index (χ2v) is 6.71. The largest absolute Gasteiger partial charge is 0.321 e. The summed E-state index contributed by atoms with van der Waals surface area (Å²) in [6.45, 7) is 2.82. The molecular weight excluding hydrogens is 320 g/mol. The number of hydrogen-bond donors (Lipinski definition) is 2. The number of anilines is 1. The van der Waals surface area contributed by atoms with Crippen LogP contribution in [0.3, 0.4) is 0 Å². The highest BCUT2D eigenvalue weighted by atomic mass is 16.2. The van der Waals surface area contributed by atoms with E-state index in [0.29, 0.717) is 0 Å². The van der Waals surface area contributed by atoms with Gasteiger partial charge in [0.2, 0.25) is 0 Å². The maximum absolute atomic E-state index is 13.1. The number of carbonyl (C=O) groups excluding carboxylic acids is 1. The Morgan fingerprint density at radius 3 is 2.08 bits per heavy atom. The van der Waals surface area contributed by atoms with Crippen LogP contribution in [-0.4, -0.2) is 13.0 Å². The molecule has 0 fully saturated rings. The van der Waals surface area contributed by atoms with Crippen molar-refractivity contribution >= 4 is 11.6 Å². The fourth-order valence-electron chi connectivity index (χ4n) is 3.18. The van der Waals surface area contributed by atoms with Gasteiger partial charge in [-0.1, -0.05) is 78.4 Å². The minimum atomic E-state index is -0.280. The molecular formula is C23H25N2O+. The predicted molar refractivity (Wildman–Crippen MR) is 106 cm³/mol. The van der Waals surface area contributed by atoms with Crippen LogP contribution in [0.1, 0.15) is 22.7 Å². The first-order valence-electron chi connectivity index (χ1n) is 8.92. The van der Waals surface area contributed by atoms with Crippen LogP contribution in [0, 0.1) is 6.92 Å². The highest BCUT2D eigenvalue weighted by molar-refractivity contribution is 5.94. The van der Waals surface area contributed by atoms with E-state index in [2.05, 4.69) is 24.5 Å². The molecule has 3 aromatic rings. The number of hydrogen-bond acceptors (Lipinski definition) is 1. The van der Waals surface area contributed by atoms with Gasteiger partial charge in [0.1, 0.15) is 6.54 Å². The average Bonchev–Trinajstić information content (AvgIpc) is 2.65. The SMILES string of the molecule is Cc1ccc(NC(=O)[C@@H](c2ccccc2)[NH+](C)Cc2ccccc2)cc1. The van der Waals surface area contributed by atoms with Gasteiger partial charge in [-0.25, -0.2) is 0 Å². The van der Waals surface area contributed by atoms with Gasteiger partial charge in [0.05, 0.1) is 7.05 Å². The van der Waals surface area contributed by atoms with Gasteiger partial charge in [-0.3, -0.25) is 4.79 Å². The molecule has 2 atom stereocenters. The number of likely N-dealkylation sites (N-methyl/N-ethyl adjacent to an activating group) is 1. The topological polar surface area (TPSA) is 33.5 Å². The molecule has 1 unspecified atom stereocenters. The molecule has 26 heavy (non-hydrogen) atoms. The van der Waals surface area contributed by atoms with Crippen molar-refractivity contribution < 1.29 is 9.69 Å². The van der Waals surface area contributed by atoms with E-state index in [-0.39, 0.29) is 11.9 Å². The van der Waals surface area contributed by atoms with Gasteiger partial charge in [0.25, 0.3) is 5.91 Å². The van der Waals surface area contributed by atoms with Crippen LogP contribution < -0.4 is 10.2 Å². The summed E-state index contributed by atoms with van der Waals surface area (Å²) < 4.78 is 0. The summed E-state index contributed by atoms with van der Waals surface area (Å²) in [5, 5.41) is 3.07. The van der Waals surface area contributed by atoms with Crippen molar-refractivity contribution in [1.29, 1.82) is 0 Å². The van der Waals surface area contributed by atoms with E-state index in [1.807, 2.05) is 79.7 Å². The molecule has 0 saturated carbocycles. The standard InChI is InChI=1S/C23H24N2O/c1-18-13-15-21(16-14-18)24-23(26)22(20-11-7-4-8-12-20)25(2)17-19-9-5-3-6-10-19/h3-16,22H,17H2,1-2H3,(H,24,26)/p+1/t22-/m1/s1. The van der Waals surface area contributed by atoms with Crippen molar-refractivity contribution in [1.82, 2.24) is 0 Å². The third-order valence-electron chi connectivity index (χ3n) is 4.53. The molecule has 0 saturated heterocycles. The number of nitrogens with one attached hydrogen (secondary N) is 2. The smallest absolute Gasteiger partial charge is 0.287 e. The van der Waals surface area contributed by atoms with E-state index in [4.69, 9.17) is 0 Å². The summed E-state index contributed by atoms with van der Waals surface area (Å²) in [7, 11) is 2.07. The minimum absolute atomic E-state index is 0.00786. The quantitative estimate of drug-likeness (QED) is 0.705. The van der Waals surface area contributed by atoms with Crippen LogP contribution >= 0.6 is 0 Å². The lowest BCUT2D eigenvalue weighted by atomic mass is 10.0. The first-order valence-corrected chi connectivity index (χ1v) is 8.92. The fraction of sp³-hybridized carbons (Fsp3) is 0.174. The molecule has 3 nitrogen and oxygen atoms in total. The summed E-state index contributed by atoms with van der Waals surface area (Å²) >= 11 is 0. The van der Waals surface area contributed by atoms with Crippen LogP contribution in [-0.2, 0) is 11.3 Å². The molecule has 0 spiro atoms. The van der Waals surface area contributed by atoms with Crippen molar-refractivity contribution in [2.75, 3.05) is 12.4 Å². The highest BCUT2D eigenvalue weighted by Crippen LogP contribution is 2.15. The monoisotopic (exact) mass is 345 g/mol. The van der Waals surface area contributed by atoms with Gasteiger partial charge in [0.15, 0.2) is 6.04 Å². The summed E-state index contributed by atoms with van der Waals surface area (Å²) in [6.07, 6.45) is 0. The zero-order valence-corrected chi connectivity index (χ0v) is 15.3. The third kappa shape index (κ3) is 4.58. The zero-order valence-electron chi connectivity index (χ0n) is 15.3. The molecule has 3 heteroatoms. The Bertz CT molecular complexity index is 829. The lowest BCUT2D eigenvalue weighted by Gasteiger charge is -2.25. The molecule has 0 bridgehead atoms. The highest BCUT2D eigenvalue weighted by Gasteiger charge is 2.29. The molecule has 2 N–H and O–H groups in total. The number of benzene rings is 3. The van der Waals surface area contributed by atoms with E-state index < -0.39 is 0 Å². The molecule has 0 aliphatic rings. The Hall–Kier alpha value is -2.91. The Balaban J connectivity index is 1.83. The van der Waals surface area contributed by atoms with E-state index >= 15 is 0 Å². The third-order valence-corrected chi connectivity index (χ3v) is 4.53. The summed E-state index contributed by atoms with van der Waals surface area (Å²) in [4.78, 5) is 14.2. The van der Waals surface area contributed by atoms with Crippen LogP contribution in [0.2, 0.25) is 0 Å². The Labute approximate surface area is 155 Å². The Morgan fingerprint density at radius 1 is 0.885 bits per heavy atom. The zero-order chi connectivity index (χ0) is 18.4. The maximum atomic E-state index is 13.1. The molecule has 0 aliphatic carbocycles. The van der Waals surface area contributed by atoms with Crippen molar-refractivity contribution in [3.05, 3.63) is 102 Å². The van der Waals surface area contributed by atoms with Gasteiger partial charge < -0.3 is 10.2 Å². The first kappa shape index (κ1) is 17.9. The number of amides is 1. The number of quaternary nitrogens is 1. The van der Waals surface area contributed by atoms with E-state index in [1.54, 1.807) is 0 Å². The van der Waals surface area contributed by atoms with Crippen molar-refractivity contribution in [2.24, 2.45) is 0 Å². The summed E-state index contributed by atoms with van der Waals surface area (Å²) in [5.74, 6) is 0.00786. The van der Waals surface area contributed by atoms with E-state index in [0.717, 1.165) is 22.7 Å². The maximum Gasteiger partial charge on any atom is 0.287 e. The van der Waals surface area contributed by atoms with Gasteiger partial charge in [-0.15, -0.1) is 0 Å². The molecule has 1 amide bonds. The molecule has 0 aliphatic heterocycles. The Kier molecular flexibility index (Phi) is 5.82. The van der Waals surface area contributed by atoms with Gasteiger partial charge >= 0.3 is 0 Å². The van der Waals surface area contributed by atoms with Gasteiger partial charge in [-0.2, -0.15) is 0 Å². The van der Waals surface area contributed by atoms with E-state index in [1.165, 1.54) is 11.1 Å². The lowest BCUT2D eigenvalue weighted by Crippen LogP contribution is -3.09. The second-order valence-electron chi connectivity index (χ2n) is 6.71. The molecule has 0 radical (unpaired) electrons. The number of carbonyl (C=O) groups is 1. The van der Waals surface area contributed by atoms with Crippen LogP contribution in [0.4, 0.5) is 5.69 Å². The summed E-state index contributed by atoms with van der Waals surface area (Å²) in [5.41, 5.74) is 4.24. The van der Waals surface area contributed by atoms with Gasteiger partial charge in [-0.05, 0) is 19.1 Å². The Morgan fingerprint density at radius 2 is 1.46 bits per heavy atom. The van der Waals surface area contributed by atoms with Crippen LogP contribution in [0.15, 0.2) is 84.9 Å². The molecule has 0 aromatic heterocycles. The fourth-order valence-corrected chi connectivity index (χ4v) is 3.18. The first-order chi connectivity index (χ1) is 12.6. The predicted octanol–water partition coefficient (Wildman–Crippen LogP) is 3.39. The van der Waals surface area contributed by atoms with E-state index in [9.17, 15) is 4.79 Å². The average molecular weight is 345 g/mol. The lowest BCUT2D eigenvalue weighted by molar-refractivity contribution is -0.915. The molecule has 3 aromatic carbocycles. The van der Waals surface area contributed by atoms with Crippen molar-refractivity contribution in [2.45, 2.75) is 19.5 Å². The van der Waals surface area contributed by atoms with Crippen LogP contribution in [0.5, 0.6) is 0 Å². The minimum Gasteiger partial charge on any atom is -0.321 e. The second kappa shape index (κ2) is 8.45. The normalized spacial score (nSPS) is 13.0. The summed E-state index contributed by atoms with van der Waals surface area (Å²) in [6, 6.07) is 27.9. The van der Waals surface area contributed by atoms with Gasteiger partial charge in [0, 0.05) is 16.8 Å². The van der Waals surface area contributed by atoms with Crippen molar-refractivity contribution in [3.8, 4) is 0 Å². The number of aryl methyl sites for hydroxylation is 1. The molecule has 3 rings (SSSR count). The number of rotatable bonds is 6. The van der Waals surface area contributed by atoms with Crippen molar-refractivity contribution in [3.63, 3.8) is 0 Å². The molecule has 0 heterocycles.